The highest BCUT2D eigenvalue weighted by Crippen LogP contribution is 2.15. The SMILES string of the molecule is CC(C)Oc1cccc(/C=C/[N+](=O)[O-])c1. The van der Waals surface area contributed by atoms with Gasteiger partial charge in [0.15, 0.2) is 0 Å². The third-order valence-electron chi connectivity index (χ3n) is 1.62. The van der Waals surface area contributed by atoms with E-state index in [1.165, 1.54) is 6.08 Å². The molecule has 4 nitrogen and oxygen atoms in total. The van der Waals surface area contributed by atoms with Gasteiger partial charge >= 0.3 is 0 Å². The highest BCUT2D eigenvalue weighted by molar-refractivity contribution is 5.50. The average molecular weight is 207 g/mol. The van der Waals surface area contributed by atoms with Crippen molar-refractivity contribution in [2.45, 2.75) is 20.0 Å². The topological polar surface area (TPSA) is 52.4 Å². The molecule has 1 aromatic rings. The van der Waals surface area contributed by atoms with E-state index in [1.54, 1.807) is 18.2 Å². The Hall–Kier alpha value is -1.84. The Balaban J connectivity index is 2.78. The Bertz CT molecular complexity index is 372. The largest absolute Gasteiger partial charge is 0.491 e. The van der Waals surface area contributed by atoms with E-state index in [2.05, 4.69) is 0 Å². The molecule has 0 atom stereocenters. The number of nitro groups is 1. The zero-order chi connectivity index (χ0) is 11.3. The number of rotatable bonds is 4. The molecule has 1 aromatic carbocycles. The van der Waals surface area contributed by atoms with Gasteiger partial charge in [0, 0.05) is 6.08 Å². The lowest BCUT2D eigenvalue weighted by atomic mass is 10.2. The van der Waals surface area contributed by atoms with Crippen LogP contribution < -0.4 is 4.74 Å². The summed E-state index contributed by atoms with van der Waals surface area (Å²) >= 11 is 0. The second kappa shape index (κ2) is 5.14. The maximum absolute atomic E-state index is 10.1. The second-order valence-corrected chi connectivity index (χ2v) is 3.34. The van der Waals surface area contributed by atoms with Crippen LogP contribution >= 0.6 is 0 Å². The average Bonchev–Trinajstić information content (AvgIpc) is 2.14. The fraction of sp³-hybridized carbons (Fsp3) is 0.273. The number of ether oxygens (including phenoxy) is 1. The van der Waals surface area contributed by atoms with E-state index in [1.807, 2.05) is 19.9 Å². The molecule has 0 spiro atoms. The van der Waals surface area contributed by atoms with E-state index < -0.39 is 4.92 Å². The van der Waals surface area contributed by atoms with E-state index in [4.69, 9.17) is 4.74 Å². The number of hydrogen-bond donors (Lipinski definition) is 0. The Labute approximate surface area is 88.3 Å². The van der Waals surface area contributed by atoms with Gasteiger partial charge in [-0.1, -0.05) is 12.1 Å². The van der Waals surface area contributed by atoms with Crippen molar-refractivity contribution in [3.05, 3.63) is 46.1 Å². The van der Waals surface area contributed by atoms with Gasteiger partial charge in [0.05, 0.1) is 11.0 Å². The fourth-order valence-corrected chi connectivity index (χ4v) is 1.11. The van der Waals surface area contributed by atoms with Gasteiger partial charge in [0.1, 0.15) is 5.75 Å². The molecule has 0 amide bonds. The highest BCUT2D eigenvalue weighted by Gasteiger charge is 1.98. The standard InChI is InChI=1S/C11H13NO3/c1-9(2)15-11-5-3-4-10(8-11)6-7-12(13)14/h3-9H,1-2H3/b7-6+. The monoisotopic (exact) mass is 207 g/mol. The molecule has 0 heterocycles. The Kier molecular flexibility index (Phi) is 3.85. The Morgan fingerprint density at radius 3 is 2.80 bits per heavy atom. The minimum absolute atomic E-state index is 0.0970. The van der Waals surface area contributed by atoms with Crippen molar-refractivity contribution in [1.82, 2.24) is 0 Å². The van der Waals surface area contributed by atoms with Crippen LogP contribution in [0.4, 0.5) is 0 Å². The van der Waals surface area contributed by atoms with E-state index in [-0.39, 0.29) is 6.10 Å². The highest BCUT2D eigenvalue weighted by atomic mass is 16.6. The van der Waals surface area contributed by atoms with Crippen molar-refractivity contribution < 1.29 is 9.66 Å². The predicted octanol–water partition coefficient (Wildman–Crippen LogP) is 2.72. The van der Waals surface area contributed by atoms with Crippen LogP contribution in [0, 0.1) is 10.1 Å². The van der Waals surface area contributed by atoms with Gasteiger partial charge in [-0.15, -0.1) is 0 Å². The van der Waals surface area contributed by atoms with Crippen molar-refractivity contribution in [2.24, 2.45) is 0 Å². The Morgan fingerprint density at radius 1 is 1.47 bits per heavy atom. The summed E-state index contributed by atoms with van der Waals surface area (Å²) in [5.74, 6) is 0.718. The van der Waals surface area contributed by atoms with Crippen molar-refractivity contribution in [1.29, 1.82) is 0 Å². The van der Waals surface area contributed by atoms with Crippen molar-refractivity contribution in [2.75, 3.05) is 0 Å². The summed E-state index contributed by atoms with van der Waals surface area (Å²) in [7, 11) is 0. The molecular formula is C11H13NO3. The van der Waals surface area contributed by atoms with Crippen LogP contribution in [0.25, 0.3) is 6.08 Å². The first-order chi connectivity index (χ1) is 7.08. The summed E-state index contributed by atoms with van der Waals surface area (Å²) in [5, 5.41) is 10.1. The van der Waals surface area contributed by atoms with Gasteiger partial charge in [-0.25, -0.2) is 0 Å². The van der Waals surface area contributed by atoms with Crippen LogP contribution in [-0.4, -0.2) is 11.0 Å². The molecule has 4 heteroatoms. The minimum atomic E-state index is -0.490. The molecule has 1 rings (SSSR count). The maximum Gasteiger partial charge on any atom is 0.235 e. The van der Waals surface area contributed by atoms with Crippen LogP contribution in [-0.2, 0) is 0 Å². The quantitative estimate of drug-likeness (QED) is 0.563. The van der Waals surface area contributed by atoms with E-state index in [0.29, 0.717) is 0 Å². The number of benzene rings is 1. The first kappa shape index (κ1) is 11.2. The summed E-state index contributed by atoms with van der Waals surface area (Å²) in [6.45, 7) is 3.86. The molecule has 0 bridgehead atoms. The van der Waals surface area contributed by atoms with Crippen LogP contribution in [0.3, 0.4) is 0 Å². The van der Waals surface area contributed by atoms with Crippen molar-refractivity contribution >= 4 is 6.08 Å². The molecule has 0 saturated heterocycles. The number of nitrogens with zero attached hydrogens (tertiary/aromatic N) is 1. The van der Waals surface area contributed by atoms with Crippen LogP contribution in [0.5, 0.6) is 5.75 Å². The van der Waals surface area contributed by atoms with Gasteiger partial charge in [-0.05, 0) is 31.5 Å². The van der Waals surface area contributed by atoms with Gasteiger partial charge < -0.3 is 4.74 Å². The summed E-state index contributed by atoms with van der Waals surface area (Å²) < 4.78 is 5.46. The van der Waals surface area contributed by atoms with Crippen LogP contribution in [0.1, 0.15) is 19.4 Å². The van der Waals surface area contributed by atoms with Crippen molar-refractivity contribution in [3.8, 4) is 5.75 Å². The molecule has 0 radical (unpaired) electrons. The molecular weight excluding hydrogens is 194 g/mol. The molecule has 0 fully saturated rings. The fourth-order valence-electron chi connectivity index (χ4n) is 1.11. The first-order valence-corrected chi connectivity index (χ1v) is 4.66. The van der Waals surface area contributed by atoms with E-state index in [0.717, 1.165) is 17.5 Å². The summed E-state index contributed by atoms with van der Waals surface area (Å²) in [4.78, 5) is 9.63. The molecule has 0 aliphatic rings. The summed E-state index contributed by atoms with van der Waals surface area (Å²) in [6, 6.07) is 7.17. The smallest absolute Gasteiger partial charge is 0.235 e. The summed E-state index contributed by atoms with van der Waals surface area (Å²) in [6.07, 6.45) is 2.45. The third kappa shape index (κ3) is 4.26. The molecule has 15 heavy (non-hydrogen) atoms. The third-order valence-corrected chi connectivity index (χ3v) is 1.62. The maximum atomic E-state index is 10.1. The van der Waals surface area contributed by atoms with Gasteiger partial charge in [-0.3, -0.25) is 10.1 Å². The van der Waals surface area contributed by atoms with Gasteiger partial charge in [0.25, 0.3) is 0 Å². The molecule has 80 valence electrons. The molecule has 0 saturated carbocycles. The lowest BCUT2D eigenvalue weighted by Crippen LogP contribution is -2.05. The van der Waals surface area contributed by atoms with Gasteiger partial charge in [0.2, 0.25) is 6.20 Å². The molecule has 0 aliphatic carbocycles. The first-order valence-electron chi connectivity index (χ1n) is 4.66. The zero-order valence-corrected chi connectivity index (χ0v) is 8.71. The lowest BCUT2D eigenvalue weighted by molar-refractivity contribution is -0.400. The lowest BCUT2D eigenvalue weighted by Gasteiger charge is -2.09. The normalized spacial score (nSPS) is 10.9. The molecule has 0 aliphatic heterocycles. The van der Waals surface area contributed by atoms with Crippen LogP contribution in [0.15, 0.2) is 30.5 Å². The van der Waals surface area contributed by atoms with Gasteiger partial charge in [-0.2, -0.15) is 0 Å². The predicted molar refractivity (Wildman–Crippen MR) is 58.2 cm³/mol. The van der Waals surface area contributed by atoms with E-state index in [9.17, 15) is 10.1 Å². The van der Waals surface area contributed by atoms with E-state index >= 15 is 0 Å². The minimum Gasteiger partial charge on any atom is -0.491 e. The Morgan fingerprint density at radius 2 is 2.20 bits per heavy atom. The van der Waals surface area contributed by atoms with Crippen LogP contribution in [0.2, 0.25) is 0 Å². The zero-order valence-electron chi connectivity index (χ0n) is 8.71. The second-order valence-electron chi connectivity index (χ2n) is 3.34. The van der Waals surface area contributed by atoms with Crippen molar-refractivity contribution in [3.63, 3.8) is 0 Å². The summed E-state index contributed by atoms with van der Waals surface area (Å²) in [5.41, 5.74) is 0.754. The molecule has 0 aromatic heterocycles. The molecule has 0 N–H and O–H groups in total. The number of hydrogen-bond acceptors (Lipinski definition) is 3. The molecule has 0 unspecified atom stereocenters.